The Morgan fingerprint density at radius 2 is 2.21 bits per heavy atom. The van der Waals surface area contributed by atoms with Crippen molar-refractivity contribution in [3.05, 3.63) is 39.7 Å². The number of unbranched alkanes of at least 4 members (excludes halogenated alkanes) is 1. The maximum Gasteiger partial charge on any atom is 0.307 e. The zero-order valence-corrected chi connectivity index (χ0v) is 8.00. The summed E-state index contributed by atoms with van der Waals surface area (Å²) in [6.07, 6.45) is 2.34. The number of halogens is 1. The van der Waals surface area contributed by atoms with Crippen LogP contribution in [-0.4, -0.2) is 4.92 Å². The van der Waals surface area contributed by atoms with E-state index in [4.69, 9.17) is 0 Å². The third-order valence-electron chi connectivity index (χ3n) is 2.05. The summed E-state index contributed by atoms with van der Waals surface area (Å²) in [5.41, 5.74) is 0.109. The normalized spacial score (nSPS) is 10.1. The van der Waals surface area contributed by atoms with E-state index in [9.17, 15) is 14.5 Å². The van der Waals surface area contributed by atoms with Gasteiger partial charge in [0.2, 0.25) is 5.82 Å². The average Bonchev–Trinajstić information content (AvgIpc) is 2.14. The number of nitro groups is 1. The van der Waals surface area contributed by atoms with Crippen molar-refractivity contribution >= 4 is 5.69 Å². The van der Waals surface area contributed by atoms with Crippen molar-refractivity contribution in [2.24, 2.45) is 0 Å². The van der Waals surface area contributed by atoms with Crippen molar-refractivity contribution in [3.8, 4) is 0 Å². The van der Waals surface area contributed by atoms with E-state index in [2.05, 4.69) is 0 Å². The molecule has 1 rings (SSSR count). The number of para-hydroxylation sites is 1. The van der Waals surface area contributed by atoms with Crippen molar-refractivity contribution in [2.45, 2.75) is 26.2 Å². The number of nitro benzene ring substituents is 1. The van der Waals surface area contributed by atoms with Gasteiger partial charge in [0.1, 0.15) is 0 Å². The van der Waals surface area contributed by atoms with Gasteiger partial charge < -0.3 is 0 Å². The molecule has 0 aliphatic rings. The molecule has 0 aliphatic carbocycles. The summed E-state index contributed by atoms with van der Waals surface area (Å²) >= 11 is 0. The predicted octanol–water partition coefficient (Wildman–Crippen LogP) is 3.08. The molecule has 0 aromatic heterocycles. The molecule has 4 heteroatoms. The van der Waals surface area contributed by atoms with Gasteiger partial charge in [-0.25, -0.2) is 0 Å². The van der Waals surface area contributed by atoms with Crippen LogP contribution in [0.1, 0.15) is 25.3 Å². The third kappa shape index (κ3) is 2.28. The Morgan fingerprint density at radius 1 is 1.50 bits per heavy atom. The maximum atomic E-state index is 13.1. The van der Waals surface area contributed by atoms with Gasteiger partial charge in [0.25, 0.3) is 0 Å². The lowest BCUT2D eigenvalue weighted by Crippen LogP contribution is -1.98. The highest BCUT2D eigenvalue weighted by atomic mass is 19.1. The van der Waals surface area contributed by atoms with Crippen LogP contribution in [0.5, 0.6) is 0 Å². The van der Waals surface area contributed by atoms with Gasteiger partial charge in [-0.1, -0.05) is 25.5 Å². The summed E-state index contributed by atoms with van der Waals surface area (Å²) in [7, 11) is 0. The Labute approximate surface area is 81.7 Å². The van der Waals surface area contributed by atoms with E-state index in [0.29, 0.717) is 12.0 Å². The van der Waals surface area contributed by atoms with Gasteiger partial charge >= 0.3 is 5.69 Å². The van der Waals surface area contributed by atoms with E-state index in [1.807, 2.05) is 6.92 Å². The van der Waals surface area contributed by atoms with Crippen LogP contribution in [0.25, 0.3) is 0 Å². The first-order valence-corrected chi connectivity index (χ1v) is 4.58. The third-order valence-corrected chi connectivity index (χ3v) is 2.05. The first kappa shape index (κ1) is 10.6. The summed E-state index contributed by atoms with van der Waals surface area (Å²) in [6.45, 7) is 1.99. The number of hydrogen-bond donors (Lipinski definition) is 0. The zero-order chi connectivity index (χ0) is 10.6. The minimum Gasteiger partial charge on any atom is -0.258 e. The Morgan fingerprint density at radius 3 is 2.79 bits per heavy atom. The highest BCUT2D eigenvalue weighted by Crippen LogP contribution is 2.23. The Kier molecular flexibility index (Phi) is 3.56. The molecule has 1 aromatic carbocycles. The fourth-order valence-electron chi connectivity index (χ4n) is 1.33. The van der Waals surface area contributed by atoms with Crippen molar-refractivity contribution < 1.29 is 9.31 Å². The van der Waals surface area contributed by atoms with E-state index >= 15 is 0 Å². The van der Waals surface area contributed by atoms with E-state index in [0.717, 1.165) is 18.9 Å². The summed E-state index contributed by atoms with van der Waals surface area (Å²) in [4.78, 5) is 9.92. The fraction of sp³-hybridized carbons (Fsp3) is 0.400. The molecule has 0 bridgehead atoms. The Bertz CT molecular complexity index is 339. The first-order chi connectivity index (χ1) is 6.66. The highest BCUT2D eigenvalue weighted by Gasteiger charge is 2.18. The molecule has 0 amide bonds. The molecular formula is C10H12FNO2. The number of benzene rings is 1. The van der Waals surface area contributed by atoms with Gasteiger partial charge in [-0.05, 0) is 18.9 Å². The van der Waals surface area contributed by atoms with E-state index in [1.54, 1.807) is 6.07 Å². The smallest absolute Gasteiger partial charge is 0.258 e. The van der Waals surface area contributed by atoms with E-state index in [1.165, 1.54) is 6.07 Å². The molecule has 0 radical (unpaired) electrons. The van der Waals surface area contributed by atoms with Crippen LogP contribution in [0, 0.1) is 15.9 Å². The highest BCUT2D eigenvalue weighted by molar-refractivity contribution is 5.41. The van der Waals surface area contributed by atoms with Gasteiger partial charge in [0.15, 0.2) is 0 Å². The molecular weight excluding hydrogens is 185 g/mol. The average molecular weight is 197 g/mol. The van der Waals surface area contributed by atoms with Crippen LogP contribution in [0.3, 0.4) is 0 Å². The van der Waals surface area contributed by atoms with Crippen molar-refractivity contribution in [2.75, 3.05) is 0 Å². The van der Waals surface area contributed by atoms with Crippen molar-refractivity contribution in [1.29, 1.82) is 0 Å². The second kappa shape index (κ2) is 4.69. The summed E-state index contributed by atoms with van der Waals surface area (Å²) in [6, 6.07) is 4.23. The largest absolute Gasteiger partial charge is 0.307 e. The molecule has 0 unspecified atom stereocenters. The number of hydrogen-bond acceptors (Lipinski definition) is 2. The second-order valence-electron chi connectivity index (χ2n) is 3.11. The SMILES string of the molecule is CCCCc1cccc(F)c1[N+](=O)[O-]. The zero-order valence-electron chi connectivity index (χ0n) is 8.00. The van der Waals surface area contributed by atoms with Crippen LogP contribution in [0.2, 0.25) is 0 Å². The number of aryl methyl sites for hydroxylation is 1. The molecule has 0 atom stereocenters. The maximum absolute atomic E-state index is 13.1. The predicted molar refractivity (Wildman–Crippen MR) is 51.7 cm³/mol. The van der Waals surface area contributed by atoms with E-state index < -0.39 is 10.7 Å². The lowest BCUT2D eigenvalue weighted by atomic mass is 10.1. The van der Waals surface area contributed by atoms with Crippen molar-refractivity contribution in [1.82, 2.24) is 0 Å². The second-order valence-corrected chi connectivity index (χ2v) is 3.11. The molecule has 0 aliphatic heterocycles. The molecule has 1 aromatic rings. The number of nitrogens with zero attached hydrogens (tertiary/aromatic N) is 1. The quantitative estimate of drug-likeness (QED) is 0.549. The molecule has 0 spiro atoms. The molecule has 14 heavy (non-hydrogen) atoms. The van der Waals surface area contributed by atoms with Gasteiger partial charge in [0, 0.05) is 5.56 Å². The van der Waals surface area contributed by atoms with Gasteiger partial charge in [0.05, 0.1) is 4.92 Å². The molecule has 0 fully saturated rings. The lowest BCUT2D eigenvalue weighted by Gasteiger charge is -2.01. The van der Waals surface area contributed by atoms with Gasteiger partial charge in [-0.2, -0.15) is 4.39 Å². The Balaban J connectivity index is 3.02. The molecule has 0 saturated heterocycles. The lowest BCUT2D eigenvalue weighted by molar-refractivity contribution is -0.388. The minimum absolute atomic E-state index is 0.374. The molecule has 0 heterocycles. The summed E-state index contributed by atoms with van der Waals surface area (Å²) < 4.78 is 13.1. The van der Waals surface area contributed by atoms with Crippen LogP contribution >= 0.6 is 0 Å². The van der Waals surface area contributed by atoms with Crippen LogP contribution in [0.4, 0.5) is 10.1 Å². The van der Waals surface area contributed by atoms with Crippen molar-refractivity contribution in [3.63, 3.8) is 0 Å². The fourth-order valence-corrected chi connectivity index (χ4v) is 1.33. The van der Waals surface area contributed by atoms with E-state index in [-0.39, 0.29) is 5.69 Å². The molecule has 76 valence electrons. The number of rotatable bonds is 4. The summed E-state index contributed by atoms with van der Waals surface area (Å²) in [5, 5.41) is 10.6. The van der Waals surface area contributed by atoms with Gasteiger partial charge in [-0.3, -0.25) is 10.1 Å². The van der Waals surface area contributed by atoms with Gasteiger partial charge in [-0.15, -0.1) is 0 Å². The minimum atomic E-state index is -0.747. The summed E-state index contributed by atoms with van der Waals surface area (Å²) in [5.74, 6) is -0.747. The standard InChI is InChI=1S/C10H12FNO2/c1-2-3-5-8-6-4-7-9(11)10(8)12(13)14/h4,6-7H,2-3,5H2,1H3. The molecule has 0 saturated carbocycles. The van der Waals surface area contributed by atoms with Crippen LogP contribution in [0.15, 0.2) is 18.2 Å². The Hall–Kier alpha value is -1.45. The van der Waals surface area contributed by atoms with Crippen LogP contribution < -0.4 is 0 Å². The van der Waals surface area contributed by atoms with Crippen LogP contribution in [-0.2, 0) is 6.42 Å². The molecule has 3 nitrogen and oxygen atoms in total. The molecule has 0 N–H and O–H groups in total. The first-order valence-electron chi connectivity index (χ1n) is 4.58. The topological polar surface area (TPSA) is 43.1 Å². The monoisotopic (exact) mass is 197 g/mol.